The van der Waals surface area contributed by atoms with E-state index in [-0.39, 0.29) is 5.91 Å². The second-order valence-electron chi connectivity index (χ2n) is 4.49. The number of amides is 1. The lowest BCUT2D eigenvalue weighted by Crippen LogP contribution is -2.30. The average molecular weight is 300 g/mol. The molecule has 0 fully saturated rings. The van der Waals surface area contributed by atoms with Crippen molar-refractivity contribution in [1.82, 2.24) is 4.90 Å². The van der Waals surface area contributed by atoms with Crippen LogP contribution in [0.4, 0.5) is 0 Å². The number of alkyl halides is 1. The lowest BCUT2D eigenvalue weighted by Gasteiger charge is -2.17. The Balaban J connectivity index is 2.23. The van der Waals surface area contributed by atoms with Crippen LogP contribution in [0.1, 0.15) is 19.3 Å². The number of carbonyl (C=O) groups excluding carboxylic acids is 1. The molecule has 0 radical (unpaired) electrons. The quantitative estimate of drug-likeness (QED) is 0.520. The highest BCUT2D eigenvalue weighted by molar-refractivity contribution is 6.17. The first-order chi connectivity index (χ1) is 9.67. The number of methoxy groups -OCH3 is 1. The van der Waals surface area contributed by atoms with Crippen molar-refractivity contribution in [2.75, 3.05) is 33.2 Å². The van der Waals surface area contributed by atoms with E-state index >= 15 is 0 Å². The molecule has 0 aromatic heterocycles. The molecule has 0 spiro atoms. The molecule has 1 aromatic rings. The molecule has 0 saturated carbocycles. The minimum absolute atomic E-state index is 0.133. The molecule has 4 nitrogen and oxygen atoms in total. The van der Waals surface area contributed by atoms with Gasteiger partial charge in [0.2, 0.25) is 5.91 Å². The van der Waals surface area contributed by atoms with Crippen molar-refractivity contribution < 1.29 is 14.3 Å². The molecule has 0 bridgehead atoms. The fourth-order valence-corrected chi connectivity index (χ4v) is 1.85. The number of unbranched alkanes of at least 4 members (excludes halogenated alkanes) is 1. The van der Waals surface area contributed by atoms with Crippen LogP contribution < -0.4 is 9.47 Å². The second kappa shape index (κ2) is 9.48. The maximum absolute atomic E-state index is 11.8. The Morgan fingerprint density at radius 1 is 1.20 bits per heavy atom. The molecule has 0 heterocycles. The van der Waals surface area contributed by atoms with Crippen LogP contribution in [0.2, 0.25) is 0 Å². The molecule has 1 rings (SSSR count). The minimum atomic E-state index is 0.133. The number of benzene rings is 1. The van der Waals surface area contributed by atoms with Crippen LogP contribution in [0, 0.1) is 0 Å². The fourth-order valence-electron chi connectivity index (χ4n) is 1.66. The maximum Gasteiger partial charge on any atom is 0.222 e. The molecule has 0 aliphatic rings. The van der Waals surface area contributed by atoms with Crippen molar-refractivity contribution in [2.24, 2.45) is 0 Å². The first-order valence-corrected chi connectivity index (χ1v) is 7.27. The van der Waals surface area contributed by atoms with Crippen LogP contribution in [-0.4, -0.2) is 44.0 Å². The van der Waals surface area contributed by atoms with Crippen molar-refractivity contribution in [1.29, 1.82) is 0 Å². The van der Waals surface area contributed by atoms with Gasteiger partial charge in [0, 0.05) is 19.3 Å². The standard InChI is InChI=1S/C15H22ClNO3/c1-17(15(18)5-3-4-10-16)11-12-20-14-8-6-13(19-2)7-9-14/h6-9H,3-5,10-12H2,1-2H3. The number of carbonyl (C=O) groups is 1. The largest absolute Gasteiger partial charge is 0.497 e. The first kappa shape index (κ1) is 16.6. The molecular weight excluding hydrogens is 278 g/mol. The lowest BCUT2D eigenvalue weighted by molar-refractivity contribution is -0.130. The third-order valence-electron chi connectivity index (χ3n) is 2.95. The first-order valence-electron chi connectivity index (χ1n) is 6.74. The highest BCUT2D eigenvalue weighted by atomic mass is 35.5. The summed E-state index contributed by atoms with van der Waals surface area (Å²) in [6, 6.07) is 7.38. The van der Waals surface area contributed by atoms with Crippen molar-refractivity contribution in [3.8, 4) is 11.5 Å². The van der Waals surface area contributed by atoms with Crippen molar-refractivity contribution in [3.63, 3.8) is 0 Å². The Labute approximate surface area is 125 Å². The number of ether oxygens (including phenoxy) is 2. The summed E-state index contributed by atoms with van der Waals surface area (Å²) >= 11 is 5.58. The minimum Gasteiger partial charge on any atom is -0.497 e. The topological polar surface area (TPSA) is 38.8 Å². The van der Waals surface area contributed by atoms with E-state index in [1.807, 2.05) is 24.3 Å². The molecule has 1 aromatic carbocycles. The van der Waals surface area contributed by atoms with Crippen LogP contribution in [0.5, 0.6) is 11.5 Å². The zero-order chi connectivity index (χ0) is 14.8. The van der Waals surface area contributed by atoms with Gasteiger partial charge in [-0.25, -0.2) is 0 Å². The Hall–Kier alpha value is -1.42. The predicted molar refractivity (Wildman–Crippen MR) is 80.7 cm³/mol. The molecule has 0 saturated heterocycles. The third-order valence-corrected chi connectivity index (χ3v) is 3.22. The smallest absolute Gasteiger partial charge is 0.222 e. The van der Waals surface area contributed by atoms with Gasteiger partial charge < -0.3 is 14.4 Å². The second-order valence-corrected chi connectivity index (χ2v) is 4.86. The van der Waals surface area contributed by atoms with Gasteiger partial charge in [0.25, 0.3) is 0 Å². The molecule has 0 N–H and O–H groups in total. The van der Waals surface area contributed by atoms with Crippen LogP contribution in [0.15, 0.2) is 24.3 Å². The Morgan fingerprint density at radius 3 is 2.45 bits per heavy atom. The van der Waals surface area contributed by atoms with Gasteiger partial charge in [0.15, 0.2) is 0 Å². The van der Waals surface area contributed by atoms with E-state index < -0.39 is 0 Å². The molecule has 0 aliphatic heterocycles. The van der Waals surface area contributed by atoms with Gasteiger partial charge in [-0.1, -0.05) is 0 Å². The van der Waals surface area contributed by atoms with E-state index in [1.165, 1.54) is 0 Å². The van der Waals surface area contributed by atoms with Crippen molar-refractivity contribution in [2.45, 2.75) is 19.3 Å². The van der Waals surface area contributed by atoms with E-state index in [1.54, 1.807) is 19.1 Å². The van der Waals surface area contributed by atoms with Crippen LogP contribution >= 0.6 is 11.6 Å². The van der Waals surface area contributed by atoms with E-state index in [0.717, 1.165) is 24.3 Å². The normalized spacial score (nSPS) is 10.2. The Bertz CT molecular complexity index is 395. The monoisotopic (exact) mass is 299 g/mol. The Morgan fingerprint density at radius 2 is 1.85 bits per heavy atom. The summed E-state index contributed by atoms with van der Waals surface area (Å²) in [6.45, 7) is 1.05. The summed E-state index contributed by atoms with van der Waals surface area (Å²) in [6.07, 6.45) is 2.27. The van der Waals surface area contributed by atoms with Gasteiger partial charge in [-0.05, 0) is 37.1 Å². The summed E-state index contributed by atoms with van der Waals surface area (Å²) in [7, 11) is 3.42. The van der Waals surface area contributed by atoms with E-state index in [4.69, 9.17) is 21.1 Å². The molecule has 0 unspecified atom stereocenters. The van der Waals surface area contributed by atoms with Gasteiger partial charge in [0.1, 0.15) is 18.1 Å². The SMILES string of the molecule is COc1ccc(OCCN(C)C(=O)CCCCCl)cc1. The molecule has 1 amide bonds. The summed E-state index contributed by atoms with van der Waals surface area (Å²) < 4.78 is 10.7. The summed E-state index contributed by atoms with van der Waals surface area (Å²) in [5.41, 5.74) is 0. The van der Waals surface area contributed by atoms with Crippen molar-refractivity contribution >= 4 is 17.5 Å². The molecule has 5 heteroatoms. The predicted octanol–water partition coefficient (Wildman–Crippen LogP) is 2.94. The Kier molecular flexibility index (Phi) is 7.88. The molecule has 0 atom stereocenters. The number of hydrogen-bond acceptors (Lipinski definition) is 3. The number of rotatable bonds is 9. The zero-order valence-corrected chi connectivity index (χ0v) is 12.9. The van der Waals surface area contributed by atoms with Gasteiger partial charge in [-0.15, -0.1) is 11.6 Å². The zero-order valence-electron chi connectivity index (χ0n) is 12.1. The van der Waals surface area contributed by atoms with Crippen LogP contribution in [0.3, 0.4) is 0 Å². The molecule has 112 valence electrons. The van der Waals surface area contributed by atoms with Gasteiger partial charge in [-0.2, -0.15) is 0 Å². The summed E-state index contributed by atoms with van der Waals surface area (Å²) in [5, 5.41) is 0. The molecular formula is C15H22ClNO3. The molecule has 20 heavy (non-hydrogen) atoms. The number of halogens is 1. The highest BCUT2D eigenvalue weighted by Crippen LogP contribution is 2.16. The van der Waals surface area contributed by atoms with E-state index in [0.29, 0.717) is 25.5 Å². The lowest BCUT2D eigenvalue weighted by atomic mass is 10.2. The average Bonchev–Trinajstić information content (AvgIpc) is 2.48. The van der Waals surface area contributed by atoms with Crippen LogP contribution in [-0.2, 0) is 4.79 Å². The van der Waals surface area contributed by atoms with Gasteiger partial charge >= 0.3 is 0 Å². The highest BCUT2D eigenvalue weighted by Gasteiger charge is 2.08. The van der Waals surface area contributed by atoms with E-state index in [9.17, 15) is 4.79 Å². The van der Waals surface area contributed by atoms with Crippen molar-refractivity contribution in [3.05, 3.63) is 24.3 Å². The van der Waals surface area contributed by atoms with Gasteiger partial charge in [0.05, 0.1) is 13.7 Å². The number of likely N-dealkylation sites (N-methyl/N-ethyl adjacent to an activating group) is 1. The van der Waals surface area contributed by atoms with Crippen LogP contribution in [0.25, 0.3) is 0 Å². The number of nitrogens with zero attached hydrogens (tertiary/aromatic N) is 1. The van der Waals surface area contributed by atoms with E-state index in [2.05, 4.69) is 0 Å². The number of hydrogen-bond donors (Lipinski definition) is 0. The van der Waals surface area contributed by atoms with Gasteiger partial charge in [-0.3, -0.25) is 4.79 Å². The fraction of sp³-hybridized carbons (Fsp3) is 0.533. The third kappa shape index (κ3) is 6.15. The summed E-state index contributed by atoms with van der Waals surface area (Å²) in [4.78, 5) is 13.4. The molecule has 0 aliphatic carbocycles. The maximum atomic E-state index is 11.8. The summed E-state index contributed by atoms with van der Waals surface area (Å²) in [5.74, 6) is 2.31.